The van der Waals surface area contributed by atoms with E-state index in [0.29, 0.717) is 5.96 Å². The van der Waals surface area contributed by atoms with Crippen molar-refractivity contribution < 1.29 is 17.4 Å². The van der Waals surface area contributed by atoms with E-state index in [4.69, 9.17) is 0 Å². The van der Waals surface area contributed by atoms with E-state index >= 15 is 0 Å². The number of anilines is 1. The van der Waals surface area contributed by atoms with Crippen molar-refractivity contribution in [2.24, 2.45) is 15.1 Å². The molecule has 0 saturated heterocycles. The minimum atomic E-state index is 0. The summed E-state index contributed by atoms with van der Waals surface area (Å²) in [5.74, 6) is 1.42. The van der Waals surface area contributed by atoms with E-state index in [0.717, 1.165) is 16.5 Å². The molecule has 0 bridgehead atoms. The average Bonchev–Trinajstić information content (AvgIpc) is 2.71. The van der Waals surface area contributed by atoms with Crippen LogP contribution in [-0.2, 0) is 0 Å². The first-order valence-electron chi connectivity index (χ1n) is 5.39. The number of halogens is 1. The van der Waals surface area contributed by atoms with E-state index in [-0.39, 0.29) is 12.4 Å². The lowest BCUT2D eigenvalue weighted by Crippen LogP contribution is -3.05. The number of guanidine groups is 1. The molecule has 2 N–H and O–H groups in total. The molecule has 0 aromatic heterocycles. The highest BCUT2D eigenvalue weighted by Crippen LogP contribution is 2.10. The number of fused-ring (bicyclic) bond motifs is 1. The minimum Gasteiger partial charge on any atom is -1.00 e. The zero-order valence-electron chi connectivity index (χ0n) is 9.76. The predicted octanol–water partition coefficient (Wildman–Crippen LogP) is -2.47. The number of hydrogen-bond donors (Lipinski definition) is 2. The Labute approximate surface area is 111 Å². The van der Waals surface area contributed by atoms with Gasteiger partial charge in [0.25, 0.3) is 11.8 Å². The fourth-order valence-electron chi connectivity index (χ4n) is 1.72. The minimum absolute atomic E-state index is 0. The molecule has 2 aliphatic rings. The van der Waals surface area contributed by atoms with Gasteiger partial charge in [0.15, 0.2) is 0 Å². The fraction of sp³-hybridized carbons (Fsp3) is 0.0833. The molecule has 0 aliphatic carbocycles. The molecule has 0 radical (unpaired) electrons. The van der Waals surface area contributed by atoms with Gasteiger partial charge in [0.2, 0.25) is 0 Å². The molecule has 0 spiro atoms. The molecule has 0 fully saturated rings. The molecule has 6 heteroatoms. The predicted molar refractivity (Wildman–Crippen MR) is 68.3 cm³/mol. The first kappa shape index (κ1) is 12.5. The number of nitrogens with zero attached hydrogens (tertiary/aromatic N) is 3. The van der Waals surface area contributed by atoms with Crippen molar-refractivity contribution in [3.05, 3.63) is 42.2 Å². The molecular formula is C12H12ClN5. The molecule has 1 atom stereocenters. The second-order valence-corrected chi connectivity index (χ2v) is 3.91. The highest BCUT2D eigenvalue weighted by Gasteiger charge is 2.24. The van der Waals surface area contributed by atoms with Crippen LogP contribution >= 0.6 is 0 Å². The lowest BCUT2D eigenvalue weighted by molar-refractivity contribution is -0.748. The van der Waals surface area contributed by atoms with Crippen LogP contribution in [0.1, 0.15) is 5.56 Å². The van der Waals surface area contributed by atoms with Crippen molar-refractivity contribution in [3.8, 4) is 0 Å². The second kappa shape index (κ2) is 5.12. The Morgan fingerprint density at radius 1 is 1.28 bits per heavy atom. The van der Waals surface area contributed by atoms with Gasteiger partial charge in [-0.05, 0) is 29.7 Å². The molecule has 2 heterocycles. The maximum atomic E-state index is 4.38. The van der Waals surface area contributed by atoms with Crippen LogP contribution in [0.3, 0.4) is 0 Å². The third-order valence-electron chi connectivity index (χ3n) is 2.50. The zero-order valence-corrected chi connectivity index (χ0v) is 10.5. The summed E-state index contributed by atoms with van der Waals surface area (Å²) in [6.45, 7) is 2.05. The third kappa shape index (κ3) is 2.47. The summed E-state index contributed by atoms with van der Waals surface area (Å²) in [6, 6.07) is 8.10. The van der Waals surface area contributed by atoms with Crippen LogP contribution in [0.2, 0.25) is 0 Å². The first-order valence-corrected chi connectivity index (χ1v) is 5.39. The van der Waals surface area contributed by atoms with E-state index < -0.39 is 0 Å². The van der Waals surface area contributed by atoms with Gasteiger partial charge in [-0.15, -0.1) is 5.01 Å². The Balaban J connectivity index is 0.00000120. The Morgan fingerprint density at radius 3 is 2.94 bits per heavy atom. The number of aliphatic imine (C=N–C) groups is 2. The topological polar surface area (TPSA) is 53.5 Å². The summed E-state index contributed by atoms with van der Waals surface area (Å²) in [5.41, 5.74) is 2.20. The van der Waals surface area contributed by atoms with Gasteiger partial charge in [-0.1, -0.05) is 12.1 Å². The second-order valence-electron chi connectivity index (χ2n) is 3.91. The summed E-state index contributed by atoms with van der Waals surface area (Å²) < 4.78 is 0. The van der Waals surface area contributed by atoms with Gasteiger partial charge in [0.05, 0.1) is 6.20 Å². The van der Waals surface area contributed by atoms with Gasteiger partial charge in [-0.3, -0.25) is 4.99 Å². The van der Waals surface area contributed by atoms with Crippen molar-refractivity contribution in [1.82, 2.24) is 0 Å². The summed E-state index contributed by atoms with van der Waals surface area (Å²) in [7, 11) is 0. The summed E-state index contributed by atoms with van der Waals surface area (Å²) in [6.07, 6.45) is 5.28. The molecular weight excluding hydrogens is 250 g/mol. The van der Waals surface area contributed by atoms with Crippen LogP contribution in [0.25, 0.3) is 0 Å². The summed E-state index contributed by atoms with van der Waals surface area (Å²) in [4.78, 5) is 8.37. The van der Waals surface area contributed by atoms with Gasteiger partial charge in [-0.25, -0.2) is 0 Å². The van der Waals surface area contributed by atoms with E-state index in [1.807, 2.05) is 18.3 Å². The van der Waals surface area contributed by atoms with Gasteiger partial charge in [0, 0.05) is 5.69 Å². The molecule has 92 valence electrons. The number of amidine groups is 1. The first-order chi connectivity index (χ1) is 8.31. The van der Waals surface area contributed by atoms with Gasteiger partial charge in [0.1, 0.15) is 12.4 Å². The van der Waals surface area contributed by atoms with E-state index in [2.05, 4.69) is 39.5 Å². The van der Waals surface area contributed by atoms with E-state index in [1.165, 1.54) is 5.56 Å². The number of hydrogen-bond acceptors (Lipinski definition) is 4. The SMILES string of the molecule is Cc1cccc(NC2=N[NH+]3C=CN=CC3=N2)c1.[Cl-]. The maximum absolute atomic E-state index is 4.38. The molecule has 3 rings (SSSR count). The fourth-order valence-corrected chi connectivity index (χ4v) is 1.72. The number of quaternary nitrogens is 1. The van der Waals surface area contributed by atoms with Crippen LogP contribution in [0.5, 0.6) is 0 Å². The highest BCUT2D eigenvalue weighted by molar-refractivity contribution is 6.29. The average molecular weight is 262 g/mol. The van der Waals surface area contributed by atoms with Gasteiger partial charge < -0.3 is 17.7 Å². The van der Waals surface area contributed by atoms with Crippen molar-refractivity contribution in [2.75, 3.05) is 5.32 Å². The van der Waals surface area contributed by atoms with E-state index in [9.17, 15) is 0 Å². The highest BCUT2D eigenvalue weighted by atomic mass is 35.5. The third-order valence-corrected chi connectivity index (χ3v) is 2.50. The largest absolute Gasteiger partial charge is 1.00 e. The Bertz CT molecular complexity index is 574. The molecule has 2 aliphatic heterocycles. The van der Waals surface area contributed by atoms with Crippen LogP contribution in [0, 0.1) is 6.92 Å². The smallest absolute Gasteiger partial charge is 0.286 e. The number of benzene rings is 1. The standard InChI is InChI=1S/C12H11N5.ClH/c1-9-3-2-4-10(7-9)14-12-15-11-8-13-5-6-17(11)16-12;/h2-8H,1H3,(H,14,16);1H. The summed E-state index contributed by atoms with van der Waals surface area (Å²) in [5, 5.41) is 8.42. The maximum Gasteiger partial charge on any atom is 0.286 e. The Kier molecular flexibility index (Phi) is 3.55. The Morgan fingerprint density at radius 2 is 2.17 bits per heavy atom. The molecule has 0 amide bonds. The van der Waals surface area contributed by atoms with Crippen LogP contribution in [-0.4, -0.2) is 18.0 Å². The lowest BCUT2D eigenvalue weighted by Gasteiger charge is -2.02. The van der Waals surface area contributed by atoms with Crippen molar-refractivity contribution in [2.45, 2.75) is 6.92 Å². The molecule has 1 unspecified atom stereocenters. The molecule has 5 nitrogen and oxygen atoms in total. The molecule has 0 saturated carbocycles. The summed E-state index contributed by atoms with van der Waals surface area (Å²) >= 11 is 0. The molecule has 1 aromatic rings. The molecule has 18 heavy (non-hydrogen) atoms. The van der Waals surface area contributed by atoms with Crippen molar-refractivity contribution in [1.29, 1.82) is 0 Å². The van der Waals surface area contributed by atoms with Crippen molar-refractivity contribution in [3.63, 3.8) is 0 Å². The quantitative estimate of drug-likeness (QED) is 0.579. The van der Waals surface area contributed by atoms with Crippen LogP contribution in [0.15, 0.2) is 51.8 Å². The van der Waals surface area contributed by atoms with Crippen LogP contribution in [0.4, 0.5) is 5.69 Å². The Hall–Kier alpha value is -1.98. The van der Waals surface area contributed by atoms with Crippen molar-refractivity contribution >= 4 is 23.7 Å². The van der Waals surface area contributed by atoms with E-state index in [1.54, 1.807) is 12.4 Å². The number of rotatable bonds is 1. The number of nitrogens with one attached hydrogen (secondary N) is 2. The number of aryl methyl sites for hydroxylation is 1. The normalized spacial score (nSPS) is 19.7. The van der Waals surface area contributed by atoms with Gasteiger partial charge in [-0.2, -0.15) is 4.99 Å². The van der Waals surface area contributed by atoms with Gasteiger partial charge >= 0.3 is 0 Å². The monoisotopic (exact) mass is 261 g/mol. The lowest BCUT2D eigenvalue weighted by atomic mass is 10.2. The molecule has 1 aromatic carbocycles. The van der Waals surface area contributed by atoms with Crippen LogP contribution < -0.4 is 22.7 Å². The zero-order chi connectivity index (χ0) is 11.7.